The Morgan fingerprint density at radius 1 is 1.05 bits per heavy atom. The summed E-state index contributed by atoms with van der Waals surface area (Å²) in [6, 6.07) is 8.99. The molecule has 2 atom stereocenters. The number of rotatable bonds is 3. The molecule has 2 aliphatic rings. The second-order valence-corrected chi connectivity index (χ2v) is 6.50. The van der Waals surface area contributed by atoms with E-state index < -0.39 is 0 Å². The predicted octanol–water partition coefficient (Wildman–Crippen LogP) is 4.02. The van der Waals surface area contributed by atoms with Crippen LogP contribution in [0.3, 0.4) is 0 Å². The molecule has 2 heterocycles. The quantitative estimate of drug-likeness (QED) is 0.730. The molecular formula is C18H16FN3. The van der Waals surface area contributed by atoms with Crippen LogP contribution in [0.15, 0.2) is 42.7 Å². The molecule has 0 aliphatic heterocycles. The van der Waals surface area contributed by atoms with Crippen molar-refractivity contribution in [3.8, 4) is 0 Å². The van der Waals surface area contributed by atoms with E-state index in [9.17, 15) is 4.39 Å². The molecule has 110 valence electrons. The van der Waals surface area contributed by atoms with E-state index in [4.69, 9.17) is 4.98 Å². The van der Waals surface area contributed by atoms with Crippen LogP contribution >= 0.6 is 0 Å². The van der Waals surface area contributed by atoms with Gasteiger partial charge in [-0.1, -0.05) is 12.1 Å². The van der Waals surface area contributed by atoms with Crippen molar-refractivity contribution in [3.05, 3.63) is 65.4 Å². The van der Waals surface area contributed by atoms with Gasteiger partial charge in [-0.05, 0) is 54.9 Å². The van der Waals surface area contributed by atoms with Crippen molar-refractivity contribution in [2.45, 2.75) is 37.0 Å². The minimum absolute atomic E-state index is 0.172. The van der Waals surface area contributed by atoms with E-state index in [-0.39, 0.29) is 5.82 Å². The van der Waals surface area contributed by atoms with Gasteiger partial charge in [-0.2, -0.15) is 5.10 Å². The van der Waals surface area contributed by atoms with Crippen molar-refractivity contribution >= 4 is 5.65 Å². The minimum Gasteiger partial charge on any atom is -0.231 e. The lowest BCUT2D eigenvalue weighted by Gasteiger charge is -2.03. The first-order chi connectivity index (χ1) is 10.8. The first-order valence-electron chi connectivity index (χ1n) is 7.89. The number of halogens is 1. The van der Waals surface area contributed by atoms with Crippen LogP contribution in [0, 0.1) is 5.82 Å². The SMILES string of the molecule is Fc1ccc([C@H]2C[C@@H]2c2ccnn3cc(C4CC4)nc23)cc1. The smallest absolute Gasteiger partial charge is 0.157 e. The molecule has 5 rings (SSSR count). The number of nitrogens with zero attached hydrogens (tertiary/aromatic N) is 3. The molecule has 2 fully saturated rings. The highest BCUT2D eigenvalue weighted by Gasteiger charge is 2.41. The van der Waals surface area contributed by atoms with Crippen LogP contribution in [0.4, 0.5) is 4.39 Å². The molecule has 3 aromatic rings. The molecule has 4 heteroatoms. The van der Waals surface area contributed by atoms with Crippen LogP contribution < -0.4 is 0 Å². The molecule has 0 bridgehead atoms. The number of hydrogen-bond acceptors (Lipinski definition) is 2. The maximum absolute atomic E-state index is 13.1. The molecule has 2 saturated carbocycles. The Kier molecular flexibility index (Phi) is 2.46. The van der Waals surface area contributed by atoms with Crippen LogP contribution in [0.2, 0.25) is 0 Å². The zero-order valence-electron chi connectivity index (χ0n) is 12.1. The summed E-state index contributed by atoms with van der Waals surface area (Å²) in [5.41, 5.74) is 4.67. The minimum atomic E-state index is -0.172. The van der Waals surface area contributed by atoms with E-state index in [0.29, 0.717) is 17.8 Å². The summed E-state index contributed by atoms with van der Waals surface area (Å²) in [6.07, 6.45) is 7.55. The molecule has 2 aliphatic carbocycles. The first kappa shape index (κ1) is 12.3. The Morgan fingerprint density at radius 2 is 1.86 bits per heavy atom. The van der Waals surface area contributed by atoms with E-state index in [1.807, 2.05) is 22.8 Å². The molecule has 0 amide bonds. The van der Waals surface area contributed by atoms with Gasteiger partial charge in [-0.15, -0.1) is 0 Å². The van der Waals surface area contributed by atoms with E-state index in [1.165, 1.54) is 29.7 Å². The average Bonchev–Trinajstić information content (AvgIpc) is 3.44. The molecule has 2 aromatic heterocycles. The van der Waals surface area contributed by atoms with E-state index in [2.05, 4.69) is 17.4 Å². The van der Waals surface area contributed by atoms with Gasteiger partial charge in [0.25, 0.3) is 0 Å². The van der Waals surface area contributed by atoms with Crippen molar-refractivity contribution in [1.82, 2.24) is 14.6 Å². The molecule has 0 radical (unpaired) electrons. The lowest BCUT2D eigenvalue weighted by atomic mass is 10.1. The zero-order chi connectivity index (χ0) is 14.7. The standard InChI is InChI=1S/C18H16FN3/c19-13-5-3-11(4-6-13)15-9-16(15)14-7-8-20-22-10-17(12-1-2-12)21-18(14)22/h3-8,10,12,15-16H,1-2,9H2/t15-,16-/m1/s1. The van der Waals surface area contributed by atoms with Gasteiger partial charge < -0.3 is 0 Å². The molecule has 22 heavy (non-hydrogen) atoms. The summed E-state index contributed by atoms with van der Waals surface area (Å²) in [5, 5.41) is 4.40. The van der Waals surface area contributed by atoms with Crippen molar-refractivity contribution < 1.29 is 4.39 Å². The molecule has 0 N–H and O–H groups in total. The summed E-state index contributed by atoms with van der Waals surface area (Å²) >= 11 is 0. The van der Waals surface area contributed by atoms with Crippen LogP contribution in [-0.4, -0.2) is 14.6 Å². The Labute approximate surface area is 127 Å². The van der Waals surface area contributed by atoms with E-state index in [1.54, 1.807) is 12.1 Å². The number of benzene rings is 1. The summed E-state index contributed by atoms with van der Waals surface area (Å²) in [7, 11) is 0. The van der Waals surface area contributed by atoms with E-state index in [0.717, 1.165) is 12.1 Å². The Balaban J connectivity index is 1.50. The van der Waals surface area contributed by atoms with Gasteiger partial charge in [-0.3, -0.25) is 0 Å². The molecule has 0 unspecified atom stereocenters. The highest BCUT2D eigenvalue weighted by atomic mass is 19.1. The second kappa shape index (κ2) is 4.38. The third-order valence-corrected chi connectivity index (χ3v) is 4.89. The molecule has 1 aromatic carbocycles. The highest BCUT2D eigenvalue weighted by Crippen LogP contribution is 2.55. The number of aromatic nitrogens is 3. The van der Waals surface area contributed by atoms with E-state index >= 15 is 0 Å². The maximum Gasteiger partial charge on any atom is 0.157 e. The van der Waals surface area contributed by atoms with Crippen molar-refractivity contribution in [3.63, 3.8) is 0 Å². The summed E-state index contributed by atoms with van der Waals surface area (Å²) in [6.45, 7) is 0. The van der Waals surface area contributed by atoms with Crippen LogP contribution in [0.1, 0.15) is 53.8 Å². The Bertz CT molecular complexity index is 848. The highest BCUT2D eigenvalue weighted by molar-refractivity contribution is 5.54. The largest absolute Gasteiger partial charge is 0.231 e. The van der Waals surface area contributed by atoms with Crippen molar-refractivity contribution in [2.24, 2.45) is 0 Å². The first-order valence-corrected chi connectivity index (χ1v) is 7.89. The monoisotopic (exact) mass is 293 g/mol. The lowest BCUT2D eigenvalue weighted by molar-refractivity contribution is 0.627. The number of hydrogen-bond donors (Lipinski definition) is 0. The number of fused-ring (bicyclic) bond motifs is 1. The summed E-state index contributed by atoms with van der Waals surface area (Å²) < 4.78 is 15.0. The molecular weight excluding hydrogens is 277 g/mol. The third kappa shape index (κ3) is 1.94. The summed E-state index contributed by atoms with van der Waals surface area (Å²) in [5.74, 6) is 1.43. The predicted molar refractivity (Wildman–Crippen MR) is 81.5 cm³/mol. The zero-order valence-corrected chi connectivity index (χ0v) is 12.1. The summed E-state index contributed by atoms with van der Waals surface area (Å²) in [4.78, 5) is 4.82. The fraction of sp³-hybridized carbons (Fsp3) is 0.333. The van der Waals surface area contributed by atoms with Gasteiger partial charge in [-0.25, -0.2) is 13.9 Å². The maximum atomic E-state index is 13.1. The lowest BCUT2D eigenvalue weighted by Crippen LogP contribution is -1.94. The second-order valence-electron chi connectivity index (χ2n) is 6.50. The normalized spacial score (nSPS) is 23.9. The molecule has 0 saturated heterocycles. The molecule has 3 nitrogen and oxygen atoms in total. The van der Waals surface area contributed by atoms with Crippen LogP contribution in [0.5, 0.6) is 0 Å². The van der Waals surface area contributed by atoms with Gasteiger partial charge in [0.2, 0.25) is 0 Å². The Hall–Kier alpha value is -2.23. The van der Waals surface area contributed by atoms with Gasteiger partial charge >= 0.3 is 0 Å². The van der Waals surface area contributed by atoms with Crippen molar-refractivity contribution in [1.29, 1.82) is 0 Å². The fourth-order valence-electron chi connectivity index (χ4n) is 3.42. The fourth-order valence-corrected chi connectivity index (χ4v) is 3.42. The van der Waals surface area contributed by atoms with Crippen molar-refractivity contribution in [2.75, 3.05) is 0 Å². The van der Waals surface area contributed by atoms with Gasteiger partial charge in [0.1, 0.15) is 5.82 Å². The Morgan fingerprint density at radius 3 is 2.64 bits per heavy atom. The van der Waals surface area contributed by atoms with Gasteiger partial charge in [0.05, 0.1) is 11.9 Å². The van der Waals surface area contributed by atoms with Gasteiger partial charge in [0, 0.05) is 17.7 Å². The number of imidazole rings is 1. The third-order valence-electron chi connectivity index (χ3n) is 4.89. The average molecular weight is 293 g/mol. The van der Waals surface area contributed by atoms with Gasteiger partial charge in [0.15, 0.2) is 5.65 Å². The van der Waals surface area contributed by atoms with Crippen LogP contribution in [-0.2, 0) is 0 Å². The van der Waals surface area contributed by atoms with Crippen LogP contribution in [0.25, 0.3) is 5.65 Å². The molecule has 0 spiro atoms. The topological polar surface area (TPSA) is 30.2 Å².